The monoisotopic (exact) mass is 379 g/mol. The van der Waals surface area contributed by atoms with Crippen LogP contribution in [-0.4, -0.2) is 78.9 Å². The molecular formula is C18H25N3O4S. The van der Waals surface area contributed by atoms with Gasteiger partial charge in [-0.3, -0.25) is 19.3 Å². The van der Waals surface area contributed by atoms with Gasteiger partial charge in [0, 0.05) is 24.5 Å². The zero-order valence-electron chi connectivity index (χ0n) is 15.4. The summed E-state index contributed by atoms with van der Waals surface area (Å²) < 4.78 is 4.75. The van der Waals surface area contributed by atoms with Crippen molar-refractivity contribution in [1.29, 1.82) is 0 Å². The third-order valence-corrected chi connectivity index (χ3v) is 5.20. The molecule has 1 aliphatic rings. The molecule has 0 radical (unpaired) electrons. The van der Waals surface area contributed by atoms with Crippen molar-refractivity contribution in [2.45, 2.75) is 12.2 Å². The van der Waals surface area contributed by atoms with Crippen LogP contribution in [0.1, 0.15) is 5.56 Å². The number of rotatable bonds is 6. The van der Waals surface area contributed by atoms with Crippen LogP contribution in [-0.2, 0) is 19.1 Å². The van der Waals surface area contributed by atoms with E-state index in [4.69, 9.17) is 4.74 Å². The topological polar surface area (TPSA) is 79.0 Å². The molecule has 26 heavy (non-hydrogen) atoms. The molecule has 0 saturated carbocycles. The standard InChI is InChI=1S/C18H25N3O4S/c1-13-4-6-14(7-5-13)19-16(22)11-20(2)12-17(23)21-8-9-26-15(10-21)18(24)25-3/h4-7,15H,8-12H2,1-3H3,(H,19,22)/t15-/m0/s1. The first-order chi connectivity index (χ1) is 12.4. The zero-order chi connectivity index (χ0) is 19.1. The number of methoxy groups -OCH3 is 1. The molecule has 1 aromatic carbocycles. The number of nitrogens with one attached hydrogen (secondary N) is 1. The summed E-state index contributed by atoms with van der Waals surface area (Å²) in [6.45, 7) is 3.16. The molecule has 0 aromatic heterocycles. The Hall–Kier alpha value is -2.06. The lowest BCUT2D eigenvalue weighted by atomic mass is 10.2. The van der Waals surface area contributed by atoms with Crippen LogP contribution in [0.25, 0.3) is 0 Å². The predicted octanol–water partition coefficient (Wildman–Crippen LogP) is 0.982. The molecule has 2 rings (SSSR count). The summed E-state index contributed by atoms with van der Waals surface area (Å²) in [5, 5.41) is 2.47. The molecule has 1 fully saturated rings. The minimum Gasteiger partial charge on any atom is -0.468 e. The molecule has 0 unspecified atom stereocenters. The van der Waals surface area contributed by atoms with Gasteiger partial charge in [-0.15, -0.1) is 11.8 Å². The molecule has 1 heterocycles. The van der Waals surface area contributed by atoms with Gasteiger partial charge in [-0.1, -0.05) is 17.7 Å². The van der Waals surface area contributed by atoms with E-state index in [2.05, 4.69) is 5.32 Å². The molecule has 1 N–H and O–H groups in total. The van der Waals surface area contributed by atoms with Crippen molar-refractivity contribution in [3.05, 3.63) is 29.8 Å². The Labute approximate surface area is 158 Å². The third-order valence-electron chi connectivity index (χ3n) is 4.04. The summed E-state index contributed by atoms with van der Waals surface area (Å²) in [4.78, 5) is 39.5. The lowest BCUT2D eigenvalue weighted by molar-refractivity contribution is -0.141. The molecule has 1 saturated heterocycles. The zero-order valence-corrected chi connectivity index (χ0v) is 16.2. The minimum absolute atomic E-state index is 0.0927. The van der Waals surface area contributed by atoms with Crippen molar-refractivity contribution in [1.82, 2.24) is 9.80 Å². The van der Waals surface area contributed by atoms with E-state index in [1.807, 2.05) is 31.2 Å². The summed E-state index contributed by atoms with van der Waals surface area (Å²) in [5.74, 6) is 0.123. The summed E-state index contributed by atoms with van der Waals surface area (Å²) in [6, 6.07) is 7.54. The van der Waals surface area contributed by atoms with Gasteiger partial charge in [0.05, 0.1) is 20.2 Å². The van der Waals surface area contributed by atoms with Crippen LogP contribution >= 0.6 is 11.8 Å². The van der Waals surface area contributed by atoms with Gasteiger partial charge in [-0.05, 0) is 26.1 Å². The molecule has 0 spiro atoms. The van der Waals surface area contributed by atoms with Crippen molar-refractivity contribution in [3.8, 4) is 0 Å². The first-order valence-corrected chi connectivity index (χ1v) is 9.46. The van der Waals surface area contributed by atoms with Crippen LogP contribution in [0, 0.1) is 6.92 Å². The van der Waals surface area contributed by atoms with Crippen LogP contribution in [0.3, 0.4) is 0 Å². The lowest BCUT2D eigenvalue weighted by Crippen LogP contribution is -2.48. The molecule has 2 amide bonds. The maximum atomic E-state index is 12.4. The maximum absolute atomic E-state index is 12.4. The number of ether oxygens (including phenoxy) is 1. The highest BCUT2D eigenvalue weighted by Crippen LogP contribution is 2.19. The van der Waals surface area contributed by atoms with Crippen molar-refractivity contribution in [2.24, 2.45) is 0 Å². The molecule has 0 bridgehead atoms. The molecule has 8 heteroatoms. The number of anilines is 1. The molecule has 0 aliphatic carbocycles. The first-order valence-electron chi connectivity index (χ1n) is 8.41. The smallest absolute Gasteiger partial charge is 0.320 e. The van der Waals surface area contributed by atoms with Crippen molar-refractivity contribution in [3.63, 3.8) is 0 Å². The number of aryl methyl sites for hydroxylation is 1. The summed E-state index contributed by atoms with van der Waals surface area (Å²) in [5.41, 5.74) is 1.85. The van der Waals surface area contributed by atoms with Gasteiger partial charge in [-0.25, -0.2) is 0 Å². The van der Waals surface area contributed by atoms with E-state index in [1.54, 1.807) is 16.8 Å². The van der Waals surface area contributed by atoms with Crippen LogP contribution in [0.15, 0.2) is 24.3 Å². The predicted molar refractivity (Wildman–Crippen MR) is 102 cm³/mol. The summed E-state index contributed by atoms with van der Waals surface area (Å²) in [6.07, 6.45) is 0. The average molecular weight is 379 g/mol. The van der Waals surface area contributed by atoms with Gasteiger partial charge < -0.3 is 15.0 Å². The number of carbonyl (C=O) groups is 3. The Morgan fingerprint density at radius 1 is 1.27 bits per heavy atom. The highest BCUT2D eigenvalue weighted by molar-refractivity contribution is 8.00. The number of hydrogen-bond donors (Lipinski definition) is 1. The van der Waals surface area contributed by atoms with E-state index in [-0.39, 0.29) is 36.1 Å². The molecule has 142 valence electrons. The Balaban J connectivity index is 1.79. The molecule has 1 aromatic rings. The second-order valence-corrected chi connectivity index (χ2v) is 7.62. The molecule has 1 aliphatic heterocycles. The van der Waals surface area contributed by atoms with Crippen molar-refractivity contribution < 1.29 is 19.1 Å². The first kappa shape index (κ1) is 20.3. The Kier molecular flexibility index (Phi) is 7.47. The van der Waals surface area contributed by atoms with Gasteiger partial charge >= 0.3 is 5.97 Å². The lowest BCUT2D eigenvalue weighted by Gasteiger charge is -2.32. The van der Waals surface area contributed by atoms with E-state index in [9.17, 15) is 14.4 Å². The second kappa shape index (κ2) is 9.59. The second-order valence-electron chi connectivity index (χ2n) is 6.31. The summed E-state index contributed by atoms with van der Waals surface area (Å²) >= 11 is 1.50. The average Bonchev–Trinajstić information content (AvgIpc) is 2.62. The number of benzene rings is 1. The fraction of sp³-hybridized carbons (Fsp3) is 0.500. The molecule has 1 atom stereocenters. The normalized spacial score (nSPS) is 17.1. The van der Waals surface area contributed by atoms with Crippen LogP contribution in [0.2, 0.25) is 0 Å². The Morgan fingerprint density at radius 2 is 1.96 bits per heavy atom. The van der Waals surface area contributed by atoms with Gasteiger partial charge in [0.15, 0.2) is 0 Å². The fourth-order valence-corrected chi connectivity index (χ4v) is 3.75. The number of thioether (sulfide) groups is 1. The quantitative estimate of drug-likeness (QED) is 0.743. The number of hydrogen-bond acceptors (Lipinski definition) is 6. The molecular weight excluding hydrogens is 354 g/mol. The van der Waals surface area contributed by atoms with Crippen LogP contribution in [0.4, 0.5) is 5.69 Å². The number of esters is 1. The number of nitrogens with zero attached hydrogens (tertiary/aromatic N) is 2. The SMILES string of the molecule is COC(=O)[C@@H]1CN(C(=O)CN(C)CC(=O)Nc2ccc(C)cc2)CCS1. The van der Waals surface area contributed by atoms with Gasteiger partial charge in [0.25, 0.3) is 0 Å². The Morgan fingerprint density at radius 3 is 2.62 bits per heavy atom. The van der Waals surface area contributed by atoms with Gasteiger partial charge in [0.2, 0.25) is 11.8 Å². The summed E-state index contributed by atoms with van der Waals surface area (Å²) in [7, 11) is 3.08. The maximum Gasteiger partial charge on any atom is 0.320 e. The van der Waals surface area contributed by atoms with E-state index in [1.165, 1.54) is 18.9 Å². The molecule has 7 nitrogen and oxygen atoms in total. The Bertz CT molecular complexity index is 650. The van der Waals surface area contributed by atoms with E-state index in [0.29, 0.717) is 18.8 Å². The number of likely N-dealkylation sites (N-methyl/N-ethyl adjacent to an activating group) is 1. The van der Waals surface area contributed by atoms with Crippen molar-refractivity contribution in [2.75, 3.05) is 51.4 Å². The van der Waals surface area contributed by atoms with E-state index >= 15 is 0 Å². The van der Waals surface area contributed by atoms with Gasteiger partial charge in [-0.2, -0.15) is 0 Å². The largest absolute Gasteiger partial charge is 0.468 e. The van der Waals surface area contributed by atoms with Crippen molar-refractivity contribution >= 4 is 35.2 Å². The number of amides is 2. The van der Waals surface area contributed by atoms with E-state index < -0.39 is 0 Å². The highest BCUT2D eigenvalue weighted by atomic mass is 32.2. The minimum atomic E-state index is -0.340. The van der Waals surface area contributed by atoms with Gasteiger partial charge in [0.1, 0.15) is 5.25 Å². The fourth-order valence-electron chi connectivity index (χ4n) is 2.62. The third kappa shape index (κ3) is 6.03. The van der Waals surface area contributed by atoms with E-state index in [0.717, 1.165) is 11.3 Å². The highest BCUT2D eigenvalue weighted by Gasteiger charge is 2.30. The van der Waals surface area contributed by atoms with Crippen LogP contribution in [0.5, 0.6) is 0 Å². The van der Waals surface area contributed by atoms with Crippen LogP contribution < -0.4 is 5.32 Å². The number of carbonyl (C=O) groups excluding carboxylic acids is 3.